The van der Waals surface area contributed by atoms with Crippen LogP contribution in [0.4, 0.5) is 5.00 Å². The normalized spacial score (nSPS) is 17.3. The number of aromatic nitrogens is 6. The Morgan fingerprint density at radius 3 is 2.74 bits per heavy atom. The average Bonchev–Trinajstić information content (AvgIpc) is 3.56. The van der Waals surface area contributed by atoms with E-state index < -0.39 is 0 Å². The largest absolute Gasteiger partial charge is 0.493 e. The van der Waals surface area contributed by atoms with Crippen LogP contribution in [0.15, 0.2) is 24.8 Å². The lowest BCUT2D eigenvalue weighted by atomic mass is 9.97. The van der Waals surface area contributed by atoms with Crippen LogP contribution in [0, 0.1) is 5.92 Å². The maximum Gasteiger partial charge on any atom is 0.197 e. The lowest BCUT2D eigenvalue weighted by Gasteiger charge is -2.40. The summed E-state index contributed by atoms with van der Waals surface area (Å²) in [6, 6.07) is 2.44. The zero-order valence-corrected chi connectivity index (χ0v) is 22.1. The van der Waals surface area contributed by atoms with Gasteiger partial charge in [0.1, 0.15) is 22.0 Å². The quantitative estimate of drug-likeness (QED) is 0.403. The van der Waals surface area contributed by atoms with E-state index in [1.54, 1.807) is 23.0 Å². The van der Waals surface area contributed by atoms with Crippen LogP contribution in [-0.4, -0.2) is 74.0 Å². The summed E-state index contributed by atoms with van der Waals surface area (Å²) in [5, 5.41) is 14.5. The van der Waals surface area contributed by atoms with Crippen molar-refractivity contribution >= 4 is 22.0 Å². The monoisotopic (exact) mass is 494 g/mol. The molecule has 186 valence electrons. The minimum Gasteiger partial charge on any atom is -0.493 e. The van der Waals surface area contributed by atoms with Crippen molar-refractivity contribution in [1.29, 1.82) is 0 Å². The molecule has 4 aromatic rings. The smallest absolute Gasteiger partial charge is 0.197 e. The highest BCUT2D eigenvalue weighted by Gasteiger charge is 2.27. The number of aromatic amines is 1. The predicted octanol–water partition coefficient (Wildman–Crippen LogP) is 4.54. The van der Waals surface area contributed by atoms with Crippen LogP contribution in [0.5, 0.6) is 5.75 Å². The molecule has 1 fully saturated rings. The topological polar surface area (TPSA) is 87.5 Å². The summed E-state index contributed by atoms with van der Waals surface area (Å²) in [6.45, 7) is 15.6. The zero-order valence-electron chi connectivity index (χ0n) is 21.3. The molecule has 9 nitrogen and oxygen atoms in total. The predicted molar refractivity (Wildman–Crippen MR) is 140 cm³/mol. The molecule has 1 saturated heterocycles. The Balaban J connectivity index is 1.46. The first-order valence-electron chi connectivity index (χ1n) is 12.3. The first kappa shape index (κ1) is 23.7. The van der Waals surface area contributed by atoms with Crippen molar-refractivity contribution < 1.29 is 4.74 Å². The molecular weight excluding hydrogens is 460 g/mol. The van der Waals surface area contributed by atoms with Gasteiger partial charge in [0.25, 0.3) is 0 Å². The number of methoxy groups -OCH3 is 1. The van der Waals surface area contributed by atoms with E-state index in [2.05, 4.69) is 59.6 Å². The molecule has 1 aliphatic heterocycles. The lowest BCUT2D eigenvalue weighted by Crippen LogP contribution is -2.52. The fourth-order valence-corrected chi connectivity index (χ4v) is 6.08. The molecule has 0 aromatic carbocycles. The van der Waals surface area contributed by atoms with E-state index in [0.29, 0.717) is 23.4 Å². The van der Waals surface area contributed by atoms with E-state index in [1.807, 2.05) is 18.5 Å². The Kier molecular flexibility index (Phi) is 6.50. The minimum absolute atomic E-state index is 0.252. The Morgan fingerprint density at radius 1 is 1.20 bits per heavy atom. The van der Waals surface area contributed by atoms with Crippen molar-refractivity contribution in [2.75, 3.05) is 38.2 Å². The molecule has 1 atom stereocenters. The number of fused-ring (bicyclic) bond motifs is 1. The van der Waals surface area contributed by atoms with Crippen molar-refractivity contribution in [1.82, 2.24) is 34.7 Å². The van der Waals surface area contributed by atoms with Gasteiger partial charge in [-0.1, -0.05) is 39.0 Å². The van der Waals surface area contributed by atoms with Gasteiger partial charge in [0.2, 0.25) is 0 Å². The first-order valence-corrected chi connectivity index (χ1v) is 13.1. The van der Waals surface area contributed by atoms with Gasteiger partial charge in [0.05, 0.1) is 19.0 Å². The van der Waals surface area contributed by atoms with Crippen molar-refractivity contribution in [3.63, 3.8) is 0 Å². The van der Waals surface area contributed by atoms with Crippen LogP contribution < -0.4 is 9.64 Å². The molecule has 0 unspecified atom stereocenters. The van der Waals surface area contributed by atoms with Crippen LogP contribution in [0.2, 0.25) is 0 Å². The van der Waals surface area contributed by atoms with Crippen LogP contribution in [0.25, 0.3) is 27.6 Å². The Bertz CT molecular complexity index is 1310. The molecule has 5 heterocycles. The molecule has 10 heteroatoms. The molecule has 0 radical (unpaired) electrons. The highest BCUT2D eigenvalue weighted by atomic mass is 32.1. The maximum atomic E-state index is 5.57. The van der Waals surface area contributed by atoms with E-state index in [4.69, 9.17) is 14.8 Å². The first-order chi connectivity index (χ1) is 16.9. The number of H-pyrrole nitrogens is 1. The van der Waals surface area contributed by atoms with Gasteiger partial charge in [0.15, 0.2) is 11.4 Å². The highest BCUT2D eigenvalue weighted by Crippen LogP contribution is 2.40. The lowest BCUT2D eigenvalue weighted by molar-refractivity contribution is 0.207. The summed E-state index contributed by atoms with van der Waals surface area (Å²) < 4.78 is 7.31. The van der Waals surface area contributed by atoms with E-state index in [1.165, 1.54) is 11.3 Å². The van der Waals surface area contributed by atoms with Gasteiger partial charge in [0, 0.05) is 49.5 Å². The van der Waals surface area contributed by atoms with E-state index in [9.17, 15) is 0 Å². The molecule has 0 aliphatic carbocycles. The summed E-state index contributed by atoms with van der Waals surface area (Å²) in [7, 11) is 1.65. The second-order valence-electron chi connectivity index (χ2n) is 10.0. The third-order valence-electron chi connectivity index (χ3n) is 6.55. The summed E-state index contributed by atoms with van der Waals surface area (Å²) in [5.74, 6) is 1.62. The van der Waals surface area contributed by atoms with Gasteiger partial charge in [-0.2, -0.15) is 10.2 Å². The van der Waals surface area contributed by atoms with Crippen molar-refractivity contribution in [2.24, 2.45) is 5.92 Å². The zero-order chi connectivity index (χ0) is 24.7. The number of ether oxygens (including phenoxy) is 1. The van der Waals surface area contributed by atoms with E-state index in [0.717, 1.165) is 53.7 Å². The fourth-order valence-electron chi connectivity index (χ4n) is 5.03. The second-order valence-corrected chi connectivity index (χ2v) is 11.0. The van der Waals surface area contributed by atoms with E-state index >= 15 is 0 Å². The van der Waals surface area contributed by atoms with Gasteiger partial charge >= 0.3 is 0 Å². The third kappa shape index (κ3) is 4.52. The van der Waals surface area contributed by atoms with Crippen LogP contribution in [0.3, 0.4) is 0 Å². The van der Waals surface area contributed by atoms with Gasteiger partial charge in [-0.15, -0.1) is 0 Å². The van der Waals surface area contributed by atoms with Gasteiger partial charge < -0.3 is 9.64 Å². The molecule has 1 aliphatic rings. The highest BCUT2D eigenvalue weighted by molar-refractivity contribution is 7.18. The molecule has 5 rings (SSSR count). The molecule has 4 aromatic heterocycles. The number of nitrogens with one attached hydrogen (secondary N) is 1. The summed E-state index contributed by atoms with van der Waals surface area (Å²) >= 11 is 1.72. The fraction of sp³-hybridized carbons (Fsp3) is 0.520. The number of anilines is 1. The molecule has 0 amide bonds. The van der Waals surface area contributed by atoms with Gasteiger partial charge in [-0.05, 0) is 24.8 Å². The summed E-state index contributed by atoms with van der Waals surface area (Å²) in [6.07, 6.45) is 5.50. The number of pyridine rings is 1. The van der Waals surface area contributed by atoms with Crippen LogP contribution in [-0.2, 0) is 0 Å². The average molecular weight is 495 g/mol. The number of piperazine rings is 1. The number of hydrogen-bond donors (Lipinski definition) is 1. The molecule has 0 bridgehead atoms. The van der Waals surface area contributed by atoms with Gasteiger partial charge in [-0.25, -0.2) is 14.5 Å². The van der Waals surface area contributed by atoms with Crippen LogP contribution in [0.1, 0.15) is 46.1 Å². The maximum absolute atomic E-state index is 5.57. The number of thiazole rings is 1. The summed E-state index contributed by atoms with van der Waals surface area (Å²) in [4.78, 5) is 14.2. The van der Waals surface area contributed by atoms with Crippen LogP contribution >= 0.6 is 11.3 Å². The third-order valence-corrected chi connectivity index (χ3v) is 7.59. The molecule has 0 spiro atoms. The Morgan fingerprint density at radius 2 is 2.03 bits per heavy atom. The molecular formula is C25H34N8OS. The number of hydrogen-bond acceptors (Lipinski definition) is 8. The number of rotatable bonds is 7. The molecule has 35 heavy (non-hydrogen) atoms. The summed E-state index contributed by atoms with van der Waals surface area (Å²) in [5.41, 5.74) is 4.65. The molecule has 0 saturated carbocycles. The molecule has 1 N–H and O–H groups in total. The minimum atomic E-state index is 0.252. The van der Waals surface area contributed by atoms with Crippen molar-refractivity contribution in [3.05, 3.63) is 30.4 Å². The van der Waals surface area contributed by atoms with Crippen molar-refractivity contribution in [3.8, 4) is 27.7 Å². The Hall–Kier alpha value is -2.98. The Labute approximate surface area is 210 Å². The van der Waals surface area contributed by atoms with E-state index in [-0.39, 0.29) is 5.92 Å². The second kappa shape index (κ2) is 9.58. The SMILES string of the molecule is COc1cc(-c2[nH]nc(-c3ncc(N4CCN(CC(C)C)C[C@@H]4C)s3)c2C(C)C)cn2ncnc12. The van der Waals surface area contributed by atoms with Gasteiger partial charge in [-0.3, -0.25) is 10.00 Å². The standard InChI is InChI=1S/C25H34N8OS/c1-15(2)11-31-7-8-32(17(5)12-31)20-10-26-25(35-20)23-21(16(3)4)22(29-30-23)18-9-19(34-6)24-27-14-28-33(24)13-18/h9-10,13-17H,7-8,11-12H2,1-6H3,(H,29,30)/t17-/m0/s1. The number of nitrogens with zero attached hydrogens (tertiary/aromatic N) is 7. The van der Waals surface area contributed by atoms with Crippen molar-refractivity contribution in [2.45, 2.75) is 46.6 Å².